The Bertz CT molecular complexity index is 759. The first-order valence-corrected chi connectivity index (χ1v) is 9.03. The Kier molecular flexibility index (Phi) is 6.67. The van der Waals surface area contributed by atoms with E-state index in [9.17, 15) is 0 Å². The van der Waals surface area contributed by atoms with Gasteiger partial charge in [-0.15, -0.1) is 0 Å². The van der Waals surface area contributed by atoms with E-state index in [-0.39, 0.29) is 0 Å². The maximum Gasteiger partial charge on any atom is 0.222 e. The van der Waals surface area contributed by atoms with Gasteiger partial charge in [0.05, 0.1) is 0 Å². The van der Waals surface area contributed by atoms with E-state index in [1.807, 2.05) is 49.1 Å². The molecule has 5 heteroatoms. The molecule has 0 bridgehead atoms. The molecule has 0 radical (unpaired) electrons. The number of nitrogens with zero attached hydrogens (tertiary/aromatic N) is 4. The molecule has 0 fully saturated rings. The molecule has 0 spiro atoms. The van der Waals surface area contributed by atoms with Crippen LogP contribution in [0.3, 0.4) is 0 Å². The highest BCUT2D eigenvalue weighted by atomic mass is 15.1. The molecule has 1 N–H and O–H groups in total. The fraction of sp³-hybridized carbons (Fsp3) is 0.286. The molecular weight excluding hydrogens is 322 g/mol. The molecule has 0 aliphatic carbocycles. The van der Waals surface area contributed by atoms with E-state index in [1.165, 1.54) is 11.1 Å². The van der Waals surface area contributed by atoms with Gasteiger partial charge in [0.2, 0.25) is 5.95 Å². The van der Waals surface area contributed by atoms with Crippen LogP contribution in [0.4, 0.5) is 5.95 Å². The van der Waals surface area contributed by atoms with Crippen LogP contribution in [0.5, 0.6) is 0 Å². The highest BCUT2D eigenvalue weighted by Crippen LogP contribution is 2.10. The van der Waals surface area contributed by atoms with Gasteiger partial charge < -0.3 is 5.32 Å². The Morgan fingerprint density at radius 3 is 2.27 bits per heavy atom. The number of benzene rings is 1. The Balaban J connectivity index is 1.56. The molecule has 5 nitrogen and oxygen atoms in total. The predicted octanol–water partition coefficient (Wildman–Crippen LogP) is 3.90. The monoisotopic (exact) mass is 347 g/mol. The van der Waals surface area contributed by atoms with Crippen LogP contribution in [0.25, 0.3) is 0 Å². The van der Waals surface area contributed by atoms with E-state index in [0.717, 1.165) is 38.2 Å². The molecule has 0 unspecified atom stereocenters. The van der Waals surface area contributed by atoms with Gasteiger partial charge in [-0.3, -0.25) is 9.88 Å². The summed E-state index contributed by atoms with van der Waals surface area (Å²) in [5.74, 6) is 0.659. The van der Waals surface area contributed by atoms with Crippen LogP contribution in [-0.4, -0.2) is 26.4 Å². The molecule has 0 aliphatic rings. The van der Waals surface area contributed by atoms with E-state index in [0.29, 0.717) is 5.95 Å². The molecule has 3 aromatic rings. The fourth-order valence-electron chi connectivity index (χ4n) is 2.84. The number of pyridine rings is 1. The molecule has 1 aromatic carbocycles. The highest BCUT2D eigenvalue weighted by molar-refractivity contribution is 5.28. The molecule has 2 aromatic heterocycles. The minimum Gasteiger partial charge on any atom is -0.350 e. The van der Waals surface area contributed by atoms with Crippen LogP contribution >= 0.6 is 0 Å². The molecule has 0 saturated heterocycles. The molecule has 0 amide bonds. The summed E-state index contributed by atoms with van der Waals surface area (Å²) < 4.78 is 0. The second-order valence-corrected chi connectivity index (χ2v) is 6.33. The van der Waals surface area contributed by atoms with Gasteiger partial charge in [0, 0.05) is 50.0 Å². The molecule has 0 atom stereocenters. The van der Waals surface area contributed by atoms with E-state index in [1.54, 1.807) is 0 Å². The minimum absolute atomic E-state index is 0.659. The van der Waals surface area contributed by atoms with Crippen molar-refractivity contribution in [1.82, 2.24) is 19.9 Å². The van der Waals surface area contributed by atoms with Crippen molar-refractivity contribution in [3.63, 3.8) is 0 Å². The zero-order valence-corrected chi connectivity index (χ0v) is 15.2. The average molecular weight is 347 g/mol. The molecule has 134 valence electrons. The van der Waals surface area contributed by atoms with E-state index < -0.39 is 0 Å². The van der Waals surface area contributed by atoms with Gasteiger partial charge >= 0.3 is 0 Å². The largest absolute Gasteiger partial charge is 0.350 e. The first-order valence-electron chi connectivity index (χ1n) is 9.03. The number of hydrogen-bond acceptors (Lipinski definition) is 5. The van der Waals surface area contributed by atoms with Crippen molar-refractivity contribution in [2.45, 2.75) is 33.0 Å². The third-order valence-corrected chi connectivity index (χ3v) is 4.07. The number of rotatable bonds is 9. The SMILES string of the molecule is CCCN(Cc1cccnc1)Cc1cnc(NCc2ccccc2)nc1. The lowest BCUT2D eigenvalue weighted by Crippen LogP contribution is -2.24. The summed E-state index contributed by atoms with van der Waals surface area (Å²) in [5, 5.41) is 3.26. The van der Waals surface area contributed by atoms with Crippen LogP contribution in [-0.2, 0) is 19.6 Å². The highest BCUT2D eigenvalue weighted by Gasteiger charge is 2.07. The van der Waals surface area contributed by atoms with Crippen molar-refractivity contribution in [3.8, 4) is 0 Å². The third-order valence-electron chi connectivity index (χ3n) is 4.07. The lowest BCUT2D eigenvalue weighted by molar-refractivity contribution is 0.256. The number of nitrogens with one attached hydrogen (secondary N) is 1. The van der Waals surface area contributed by atoms with Crippen molar-refractivity contribution in [2.24, 2.45) is 0 Å². The van der Waals surface area contributed by atoms with Gasteiger partial charge in [-0.2, -0.15) is 0 Å². The van der Waals surface area contributed by atoms with Crippen molar-refractivity contribution < 1.29 is 0 Å². The zero-order valence-electron chi connectivity index (χ0n) is 15.2. The van der Waals surface area contributed by atoms with Crippen molar-refractivity contribution in [2.75, 3.05) is 11.9 Å². The number of anilines is 1. The normalized spacial score (nSPS) is 10.8. The summed E-state index contributed by atoms with van der Waals surface area (Å²) in [6.45, 7) is 5.67. The number of aromatic nitrogens is 3. The van der Waals surface area contributed by atoms with Gasteiger partial charge in [-0.1, -0.05) is 43.3 Å². The minimum atomic E-state index is 0.659. The second-order valence-electron chi connectivity index (χ2n) is 6.33. The summed E-state index contributed by atoms with van der Waals surface area (Å²) in [6, 6.07) is 14.4. The Labute approximate surface area is 155 Å². The number of hydrogen-bond donors (Lipinski definition) is 1. The first-order chi connectivity index (χ1) is 12.8. The van der Waals surface area contributed by atoms with Crippen LogP contribution in [0.1, 0.15) is 30.0 Å². The van der Waals surface area contributed by atoms with Crippen LogP contribution in [0, 0.1) is 0 Å². The maximum atomic E-state index is 4.45. The van der Waals surface area contributed by atoms with Gasteiger partial charge in [0.15, 0.2) is 0 Å². The maximum absolute atomic E-state index is 4.45. The van der Waals surface area contributed by atoms with Gasteiger partial charge in [0.25, 0.3) is 0 Å². The Morgan fingerprint density at radius 2 is 1.58 bits per heavy atom. The smallest absolute Gasteiger partial charge is 0.222 e. The fourth-order valence-corrected chi connectivity index (χ4v) is 2.84. The predicted molar refractivity (Wildman–Crippen MR) is 104 cm³/mol. The summed E-state index contributed by atoms with van der Waals surface area (Å²) in [4.78, 5) is 15.5. The van der Waals surface area contributed by atoms with Crippen LogP contribution in [0.2, 0.25) is 0 Å². The average Bonchev–Trinajstić information content (AvgIpc) is 2.69. The van der Waals surface area contributed by atoms with Crippen molar-refractivity contribution in [1.29, 1.82) is 0 Å². The van der Waals surface area contributed by atoms with E-state index in [2.05, 4.69) is 50.3 Å². The van der Waals surface area contributed by atoms with Gasteiger partial charge in [-0.05, 0) is 30.2 Å². The molecule has 2 heterocycles. The third kappa shape index (κ3) is 5.63. The first kappa shape index (κ1) is 18.0. The van der Waals surface area contributed by atoms with Crippen LogP contribution < -0.4 is 5.32 Å². The molecule has 0 saturated carbocycles. The van der Waals surface area contributed by atoms with Gasteiger partial charge in [0.1, 0.15) is 0 Å². The molecular formula is C21H25N5. The second kappa shape index (κ2) is 9.63. The quantitative estimate of drug-likeness (QED) is 0.636. The lowest BCUT2D eigenvalue weighted by Gasteiger charge is -2.21. The van der Waals surface area contributed by atoms with E-state index >= 15 is 0 Å². The molecule has 3 rings (SSSR count). The molecule has 0 aliphatic heterocycles. The zero-order chi connectivity index (χ0) is 18.0. The van der Waals surface area contributed by atoms with Crippen LogP contribution in [0.15, 0.2) is 67.3 Å². The van der Waals surface area contributed by atoms with Crippen molar-refractivity contribution >= 4 is 5.95 Å². The Hall–Kier alpha value is -2.79. The van der Waals surface area contributed by atoms with Crippen molar-refractivity contribution in [3.05, 3.63) is 83.9 Å². The standard InChI is InChI=1S/C21H25N5/c1-2-11-26(16-19-9-6-10-22-12-19)17-20-14-24-21(25-15-20)23-13-18-7-4-3-5-8-18/h3-10,12,14-15H,2,11,13,16-17H2,1H3,(H,23,24,25). The van der Waals surface area contributed by atoms with E-state index in [4.69, 9.17) is 0 Å². The topological polar surface area (TPSA) is 53.9 Å². The summed E-state index contributed by atoms with van der Waals surface area (Å²) in [5.41, 5.74) is 3.56. The lowest BCUT2D eigenvalue weighted by atomic mass is 10.2. The summed E-state index contributed by atoms with van der Waals surface area (Å²) in [7, 11) is 0. The van der Waals surface area contributed by atoms with Gasteiger partial charge in [-0.25, -0.2) is 9.97 Å². The summed E-state index contributed by atoms with van der Waals surface area (Å²) in [6.07, 6.45) is 8.66. The Morgan fingerprint density at radius 1 is 0.846 bits per heavy atom. The summed E-state index contributed by atoms with van der Waals surface area (Å²) >= 11 is 0. The molecule has 26 heavy (non-hydrogen) atoms.